The second-order valence-corrected chi connectivity index (χ2v) is 5.61. The summed E-state index contributed by atoms with van der Waals surface area (Å²) in [6.07, 6.45) is 5.41. The van der Waals surface area contributed by atoms with Crippen LogP contribution in [-0.2, 0) is 6.42 Å². The van der Waals surface area contributed by atoms with Gasteiger partial charge in [0.1, 0.15) is 0 Å². The molecule has 0 heterocycles. The van der Waals surface area contributed by atoms with Crippen molar-refractivity contribution in [2.75, 3.05) is 13.1 Å². The number of rotatable bonds is 5. The smallest absolute Gasteiger partial charge is 0.0540 e. The van der Waals surface area contributed by atoms with Gasteiger partial charge in [-0.05, 0) is 63.6 Å². The van der Waals surface area contributed by atoms with Gasteiger partial charge in [-0.2, -0.15) is 0 Å². The van der Waals surface area contributed by atoms with Crippen molar-refractivity contribution < 1.29 is 5.11 Å². The van der Waals surface area contributed by atoms with Crippen LogP contribution in [-0.4, -0.2) is 24.3 Å². The van der Waals surface area contributed by atoms with Crippen LogP contribution in [0.5, 0.6) is 0 Å². The first-order valence-corrected chi connectivity index (χ1v) is 7.18. The third-order valence-corrected chi connectivity index (χ3v) is 3.96. The standard InChI is InChI=1S/C16H25NO/c1-13-2-4-14(5-3-13)10-11-17-12-15-6-8-16(18)9-7-15/h2-5,15-18H,6-12H2,1H3. The van der Waals surface area contributed by atoms with Crippen LogP contribution < -0.4 is 5.32 Å². The summed E-state index contributed by atoms with van der Waals surface area (Å²) in [5.74, 6) is 0.770. The summed E-state index contributed by atoms with van der Waals surface area (Å²) in [5.41, 5.74) is 2.74. The molecule has 2 N–H and O–H groups in total. The monoisotopic (exact) mass is 247 g/mol. The van der Waals surface area contributed by atoms with E-state index in [-0.39, 0.29) is 6.10 Å². The Morgan fingerprint density at radius 2 is 1.78 bits per heavy atom. The number of nitrogens with one attached hydrogen (secondary N) is 1. The molecule has 0 saturated heterocycles. The molecule has 2 nitrogen and oxygen atoms in total. The van der Waals surface area contributed by atoms with Gasteiger partial charge in [0.05, 0.1) is 6.10 Å². The van der Waals surface area contributed by atoms with Gasteiger partial charge in [0.15, 0.2) is 0 Å². The Kier molecular flexibility index (Phi) is 5.21. The van der Waals surface area contributed by atoms with Gasteiger partial charge in [-0.25, -0.2) is 0 Å². The molecule has 1 aromatic carbocycles. The van der Waals surface area contributed by atoms with E-state index in [9.17, 15) is 5.11 Å². The second-order valence-electron chi connectivity index (χ2n) is 5.61. The van der Waals surface area contributed by atoms with Crippen molar-refractivity contribution in [3.63, 3.8) is 0 Å². The number of hydrogen-bond acceptors (Lipinski definition) is 2. The van der Waals surface area contributed by atoms with Crippen LogP contribution in [0.15, 0.2) is 24.3 Å². The highest BCUT2D eigenvalue weighted by atomic mass is 16.3. The van der Waals surface area contributed by atoms with E-state index in [0.717, 1.165) is 38.3 Å². The minimum absolute atomic E-state index is 0.0335. The lowest BCUT2D eigenvalue weighted by Crippen LogP contribution is -2.29. The van der Waals surface area contributed by atoms with Crippen LogP contribution in [0.4, 0.5) is 0 Å². The van der Waals surface area contributed by atoms with Crippen molar-refractivity contribution in [1.29, 1.82) is 0 Å². The summed E-state index contributed by atoms with van der Waals surface area (Å²) in [6, 6.07) is 8.79. The number of benzene rings is 1. The molecule has 1 saturated carbocycles. The molecule has 1 aliphatic carbocycles. The van der Waals surface area contributed by atoms with Gasteiger partial charge in [-0.3, -0.25) is 0 Å². The molecule has 0 radical (unpaired) electrons. The Morgan fingerprint density at radius 1 is 1.11 bits per heavy atom. The number of aliphatic hydroxyl groups is 1. The number of aryl methyl sites for hydroxylation is 1. The minimum atomic E-state index is -0.0335. The van der Waals surface area contributed by atoms with Gasteiger partial charge in [-0.1, -0.05) is 29.8 Å². The predicted molar refractivity (Wildman–Crippen MR) is 75.7 cm³/mol. The first-order chi connectivity index (χ1) is 8.74. The fourth-order valence-electron chi connectivity index (χ4n) is 2.64. The molecule has 0 amide bonds. The summed E-state index contributed by atoms with van der Waals surface area (Å²) < 4.78 is 0. The third-order valence-electron chi connectivity index (χ3n) is 3.96. The van der Waals surface area contributed by atoms with Crippen LogP contribution in [0.3, 0.4) is 0 Å². The maximum Gasteiger partial charge on any atom is 0.0540 e. The van der Waals surface area contributed by atoms with E-state index in [1.807, 2.05) is 0 Å². The van der Waals surface area contributed by atoms with Crippen molar-refractivity contribution in [3.05, 3.63) is 35.4 Å². The maximum atomic E-state index is 9.45. The molecule has 0 spiro atoms. The zero-order chi connectivity index (χ0) is 12.8. The summed E-state index contributed by atoms with van der Waals surface area (Å²) in [4.78, 5) is 0. The molecule has 1 aliphatic rings. The summed E-state index contributed by atoms with van der Waals surface area (Å²) in [7, 11) is 0. The van der Waals surface area contributed by atoms with Crippen molar-refractivity contribution in [2.24, 2.45) is 5.92 Å². The van der Waals surface area contributed by atoms with Crippen LogP contribution in [0, 0.1) is 12.8 Å². The Balaban J connectivity index is 1.60. The lowest BCUT2D eigenvalue weighted by atomic mass is 9.87. The zero-order valence-electron chi connectivity index (χ0n) is 11.4. The van der Waals surface area contributed by atoms with Crippen molar-refractivity contribution in [3.8, 4) is 0 Å². The molecule has 0 aromatic heterocycles. The summed E-state index contributed by atoms with van der Waals surface area (Å²) in [6.45, 7) is 4.29. The van der Waals surface area contributed by atoms with E-state index < -0.39 is 0 Å². The normalized spacial score (nSPS) is 24.1. The number of hydrogen-bond donors (Lipinski definition) is 2. The highest BCUT2D eigenvalue weighted by Gasteiger charge is 2.18. The minimum Gasteiger partial charge on any atom is -0.393 e. The van der Waals surface area contributed by atoms with E-state index in [0.29, 0.717) is 0 Å². The predicted octanol–water partition coefficient (Wildman–Crippen LogP) is 2.68. The quantitative estimate of drug-likeness (QED) is 0.784. The first-order valence-electron chi connectivity index (χ1n) is 7.18. The molecule has 0 aliphatic heterocycles. The second kappa shape index (κ2) is 6.91. The molecule has 2 heteroatoms. The lowest BCUT2D eigenvalue weighted by molar-refractivity contribution is 0.108. The highest BCUT2D eigenvalue weighted by Crippen LogP contribution is 2.23. The van der Waals surface area contributed by atoms with Crippen LogP contribution >= 0.6 is 0 Å². The largest absolute Gasteiger partial charge is 0.393 e. The van der Waals surface area contributed by atoms with Crippen molar-refractivity contribution >= 4 is 0 Å². The van der Waals surface area contributed by atoms with Gasteiger partial charge in [0, 0.05) is 0 Å². The van der Waals surface area contributed by atoms with Crippen molar-refractivity contribution in [1.82, 2.24) is 5.32 Å². The van der Waals surface area contributed by atoms with Gasteiger partial charge in [0.25, 0.3) is 0 Å². The van der Waals surface area contributed by atoms with Gasteiger partial charge >= 0.3 is 0 Å². The van der Waals surface area contributed by atoms with E-state index >= 15 is 0 Å². The highest BCUT2D eigenvalue weighted by molar-refractivity contribution is 5.21. The van der Waals surface area contributed by atoms with E-state index in [2.05, 4.69) is 36.5 Å². The Morgan fingerprint density at radius 3 is 2.44 bits per heavy atom. The van der Waals surface area contributed by atoms with Crippen LogP contribution in [0.25, 0.3) is 0 Å². The molecular weight excluding hydrogens is 222 g/mol. The molecule has 18 heavy (non-hydrogen) atoms. The molecule has 1 aromatic rings. The topological polar surface area (TPSA) is 32.3 Å². The third kappa shape index (κ3) is 4.43. The average molecular weight is 247 g/mol. The fraction of sp³-hybridized carbons (Fsp3) is 0.625. The maximum absolute atomic E-state index is 9.45. The summed E-state index contributed by atoms with van der Waals surface area (Å²) >= 11 is 0. The molecule has 0 atom stereocenters. The Bertz CT molecular complexity index is 339. The van der Waals surface area contributed by atoms with Gasteiger partial charge in [0.2, 0.25) is 0 Å². The average Bonchev–Trinajstić information content (AvgIpc) is 2.39. The van der Waals surface area contributed by atoms with Gasteiger partial charge in [-0.15, -0.1) is 0 Å². The first kappa shape index (κ1) is 13.6. The molecule has 2 rings (SSSR count). The van der Waals surface area contributed by atoms with Crippen LogP contribution in [0.2, 0.25) is 0 Å². The lowest BCUT2D eigenvalue weighted by Gasteiger charge is -2.25. The molecule has 100 valence electrons. The zero-order valence-corrected chi connectivity index (χ0v) is 11.4. The SMILES string of the molecule is Cc1ccc(CCNCC2CCC(O)CC2)cc1. The molecule has 1 fully saturated rings. The molecule has 0 bridgehead atoms. The molecular formula is C16H25NO. The fourth-order valence-corrected chi connectivity index (χ4v) is 2.64. The van der Waals surface area contributed by atoms with Crippen LogP contribution in [0.1, 0.15) is 36.8 Å². The Labute approximate surface area is 110 Å². The summed E-state index contributed by atoms with van der Waals surface area (Å²) in [5, 5.41) is 13.0. The van der Waals surface area contributed by atoms with E-state index in [4.69, 9.17) is 0 Å². The molecule has 0 unspecified atom stereocenters. The Hall–Kier alpha value is -0.860. The van der Waals surface area contributed by atoms with E-state index in [1.54, 1.807) is 0 Å². The van der Waals surface area contributed by atoms with Crippen molar-refractivity contribution in [2.45, 2.75) is 45.1 Å². The van der Waals surface area contributed by atoms with E-state index in [1.165, 1.54) is 24.0 Å². The van der Waals surface area contributed by atoms with Gasteiger partial charge < -0.3 is 10.4 Å². The number of aliphatic hydroxyl groups excluding tert-OH is 1.